The molecule has 1 N–H and O–H groups in total. The molecule has 3 rings (SSSR count). The van der Waals surface area contributed by atoms with E-state index in [0.717, 1.165) is 5.56 Å². The van der Waals surface area contributed by atoms with E-state index >= 15 is 0 Å². The second kappa shape index (κ2) is 7.86. The predicted molar refractivity (Wildman–Crippen MR) is 108 cm³/mol. The summed E-state index contributed by atoms with van der Waals surface area (Å²) in [6.45, 7) is 0. The summed E-state index contributed by atoms with van der Waals surface area (Å²) in [6, 6.07) is 12.2. The van der Waals surface area contributed by atoms with E-state index in [1.165, 1.54) is 10.6 Å². The van der Waals surface area contributed by atoms with Crippen molar-refractivity contribution >= 4 is 35.4 Å². The summed E-state index contributed by atoms with van der Waals surface area (Å²) in [6.07, 6.45) is 3.11. The second-order valence-electron chi connectivity index (χ2n) is 5.81. The first-order valence-electron chi connectivity index (χ1n) is 8.01. The van der Waals surface area contributed by atoms with Gasteiger partial charge in [-0.25, -0.2) is 0 Å². The molecule has 0 radical (unpaired) electrons. The zero-order valence-electron chi connectivity index (χ0n) is 14.6. The van der Waals surface area contributed by atoms with Gasteiger partial charge in [0.2, 0.25) is 0 Å². The lowest BCUT2D eigenvalue weighted by molar-refractivity contribution is 0.415. The molecule has 2 aromatic carbocycles. The van der Waals surface area contributed by atoms with Crippen molar-refractivity contribution in [3.05, 3.63) is 95.0 Å². The Labute approximate surface area is 164 Å². The first-order valence-corrected chi connectivity index (χ1v) is 8.77. The van der Waals surface area contributed by atoms with Crippen LogP contribution in [0.15, 0.2) is 52.1 Å². The molecule has 0 saturated carbocycles. The van der Waals surface area contributed by atoms with Crippen LogP contribution in [0.25, 0.3) is 12.2 Å². The van der Waals surface area contributed by atoms with Crippen molar-refractivity contribution in [1.29, 1.82) is 0 Å². The number of H-pyrrole nitrogens is 1. The number of nitrogens with zero attached hydrogens (tertiary/aromatic N) is 1. The van der Waals surface area contributed by atoms with E-state index in [1.54, 1.807) is 62.7 Å². The summed E-state index contributed by atoms with van der Waals surface area (Å²) >= 11 is 12.3. The summed E-state index contributed by atoms with van der Waals surface area (Å²) in [7, 11) is 3.12. The number of nitrogens with one attached hydrogen (secondary N) is 1. The zero-order chi connectivity index (χ0) is 19.6. The normalized spacial score (nSPS) is 12.4. The number of methoxy groups -OCH3 is 1. The number of rotatable bonds is 3. The number of benzene rings is 2. The molecule has 27 heavy (non-hydrogen) atoms. The van der Waals surface area contributed by atoms with Gasteiger partial charge in [-0.3, -0.25) is 9.59 Å². The monoisotopic (exact) mass is 402 g/mol. The van der Waals surface area contributed by atoms with Gasteiger partial charge in [0, 0.05) is 22.7 Å². The van der Waals surface area contributed by atoms with E-state index in [2.05, 4.69) is 4.98 Å². The number of hydrogen-bond acceptors (Lipinski definition) is 3. The van der Waals surface area contributed by atoms with Crippen molar-refractivity contribution in [3.63, 3.8) is 0 Å². The SMILES string of the molecule is COc1ccc(/C=c2/c(=O)[nH]/c(=C\c3c(Cl)cccc3Cl)c(=O)n2C)cc1. The molecule has 0 aliphatic heterocycles. The van der Waals surface area contributed by atoms with Gasteiger partial charge in [0.05, 0.1) is 7.11 Å². The Morgan fingerprint density at radius 3 is 2.22 bits per heavy atom. The standard InChI is InChI=1S/C20H16Cl2N2O3/c1-24-18(10-12-6-8-13(27-2)9-7-12)19(25)23-17(20(24)26)11-14-15(21)4-3-5-16(14)22/h3-11H,1-2H3,(H,23,25)/b17-11-,18-10-. The second-order valence-corrected chi connectivity index (χ2v) is 6.63. The topological polar surface area (TPSA) is 64.1 Å². The average Bonchev–Trinajstić information content (AvgIpc) is 2.66. The van der Waals surface area contributed by atoms with Crippen molar-refractivity contribution in [2.24, 2.45) is 7.05 Å². The van der Waals surface area contributed by atoms with E-state index in [4.69, 9.17) is 27.9 Å². The molecule has 7 heteroatoms. The molecular weight excluding hydrogens is 387 g/mol. The van der Waals surface area contributed by atoms with Gasteiger partial charge in [-0.2, -0.15) is 0 Å². The predicted octanol–water partition coefficient (Wildman–Crippen LogP) is 2.05. The summed E-state index contributed by atoms with van der Waals surface area (Å²) in [4.78, 5) is 27.9. The van der Waals surface area contributed by atoms with Crippen LogP contribution < -0.4 is 26.6 Å². The van der Waals surface area contributed by atoms with Crippen molar-refractivity contribution < 1.29 is 4.74 Å². The van der Waals surface area contributed by atoms with Crippen LogP contribution in [-0.4, -0.2) is 16.7 Å². The fourth-order valence-electron chi connectivity index (χ4n) is 2.59. The number of aromatic nitrogens is 2. The fourth-order valence-corrected chi connectivity index (χ4v) is 3.10. The number of halogens is 2. The lowest BCUT2D eigenvalue weighted by atomic mass is 10.2. The number of hydrogen-bond donors (Lipinski definition) is 1. The maximum Gasteiger partial charge on any atom is 0.274 e. The molecule has 0 spiro atoms. The van der Waals surface area contributed by atoms with Crippen molar-refractivity contribution in [2.45, 2.75) is 0 Å². The molecule has 138 valence electrons. The average molecular weight is 403 g/mol. The minimum Gasteiger partial charge on any atom is -0.497 e. The van der Waals surface area contributed by atoms with Crippen LogP contribution in [0.4, 0.5) is 0 Å². The van der Waals surface area contributed by atoms with E-state index in [9.17, 15) is 9.59 Å². The molecule has 0 bridgehead atoms. The van der Waals surface area contributed by atoms with Gasteiger partial charge < -0.3 is 14.3 Å². The smallest absolute Gasteiger partial charge is 0.274 e. The van der Waals surface area contributed by atoms with Gasteiger partial charge >= 0.3 is 0 Å². The highest BCUT2D eigenvalue weighted by molar-refractivity contribution is 6.37. The fraction of sp³-hybridized carbons (Fsp3) is 0.100. The van der Waals surface area contributed by atoms with E-state index in [-0.39, 0.29) is 16.3 Å². The Bertz CT molecular complexity index is 1210. The molecule has 3 aromatic rings. The van der Waals surface area contributed by atoms with Crippen LogP contribution in [0.5, 0.6) is 5.75 Å². The van der Waals surface area contributed by atoms with Crippen molar-refractivity contribution in [3.8, 4) is 5.75 Å². The lowest BCUT2D eigenvalue weighted by Crippen LogP contribution is -2.52. The maximum absolute atomic E-state index is 12.7. The van der Waals surface area contributed by atoms with Crippen LogP contribution in [0, 0.1) is 0 Å². The highest BCUT2D eigenvalue weighted by Crippen LogP contribution is 2.24. The molecule has 5 nitrogen and oxygen atoms in total. The Morgan fingerprint density at radius 1 is 1.00 bits per heavy atom. The molecule has 0 amide bonds. The Hall–Kier alpha value is -2.76. The van der Waals surface area contributed by atoms with Gasteiger partial charge in [-0.1, -0.05) is 41.4 Å². The molecule has 0 unspecified atom stereocenters. The third-order valence-electron chi connectivity index (χ3n) is 4.08. The van der Waals surface area contributed by atoms with E-state index < -0.39 is 5.56 Å². The van der Waals surface area contributed by atoms with Gasteiger partial charge in [0.1, 0.15) is 16.4 Å². The molecule has 0 atom stereocenters. The quantitative estimate of drug-likeness (QED) is 0.728. The Balaban J connectivity index is 2.20. The summed E-state index contributed by atoms with van der Waals surface area (Å²) < 4.78 is 6.41. The molecule has 0 aliphatic rings. The maximum atomic E-state index is 12.7. The summed E-state index contributed by atoms with van der Waals surface area (Å²) in [5.74, 6) is 0.705. The van der Waals surface area contributed by atoms with Crippen molar-refractivity contribution in [2.75, 3.05) is 7.11 Å². The van der Waals surface area contributed by atoms with E-state index in [0.29, 0.717) is 21.4 Å². The zero-order valence-corrected chi connectivity index (χ0v) is 16.1. The first-order chi connectivity index (χ1) is 12.9. The lowest BCUT2D eigenvalue weighted by Gasteiger charge is -2.03. The summed E-state index contributed by atoms with van der Waals surface area (Å²) in [5.41, 5.74) is 0.468. The molecule has 1 heterocycles. The molecule has 1 aromatic heterocycles. The minimum absolute atomic E-state index is 0.101. The largest absolute Gasteiger partial charge is 0.497 e. The van der Waals surface area contributed by atoms with Crippen molar-refractivity contribution in [1.82, 2.24) is 9.55 Å². The van der Waals surface area contributed by atoms with Gasteiger partial charge in [0.25, 0.3) is 11.1 Å². The van der Waals surface area contributed by atoms with Crippen LogP contribution in [-0.2, 0) is 7.05 Å². The molecule has 0 aliphatic carbocycles. The molecule has 0 fully saturated rings. The Kier molecular flexibility index (Phi) is 5.54. The van der Waals surface area contributed by atoms with Crippen LogP contribution in [0.3, 0.4) is 0 Å². The number of ether oxygens (including phenoxy) is 1. The number of aromatic amines is 1. The van der Waals surface area contributed by atoms with Crippen LogP contribution in [0.2, 0.25) is 10.0 Å². The van der Waals surface area contributed by atoms with Crippen LogP contribution >= 0.6 is 23.2 Å². The Morgan fingerprint density at radius 2 is 1.63 bits per heavy atom. The summed E-state index contributed by atoms with van der Waals surface area (Å²) in [5, 5.41) is 1.11. The van der Waals surface area contributed by atoms with Crippen LogP contribution in [0.1, 0.15) is 11.1 Å². The van der Waals surface area contributed by atoms with Gasteiger partial charge in [0.15, 0.2) is 0 Å². The van der Waals surface area contributed by atoms with Gasteiger partial charge in [-0.15, -0.1) is 0 Å². The molecule has 0 saturated heterocycles. The highest BCUT2D eigenvalue weighted by atomic mass is 35.5. The third-order valence-corrected chi connectivity index (χ3v) is 4.74. The molecular formula is C20H16Cl2N2O3. The highest BCUT2D eigenvalue weighted by Gasteiger charge is 2.06. The van der Waals surface area contributed by atoms with E-state index in [1.807, 2.05) is 0 Å². The minimum atomic E-state index is -0.401. The van der Waals surface area contributed by atoms with Gasteiger partial charge in [-0.05, 0) is 42.0 Å². The third kappa shape index (κ3) is 3.99. The first kappa shape index (κ1) is 19.0.